The van der Waals surface area contributed by atoms with Crippen LogP contribution in [0.1, 0.15) is 0 Å². The molecule has 1 N–H and O–H groups in total. The number of anilines is 3. The summed E-state index contributed by atoms with van der Waals surface area (Å²) < 4.78 is 12.7. The first-order valence-electron chi connectivity index (χ1n) is 10.00. The number of hydrogen-bond acceptors (Lipinski definition) is 6. The van der Waals surface area contributed by atoms with Gasteiger partial charge in [0, 0.05) is 30.5 Å². The summed E-state index contributed by atoms with van der Waals surface area (Å²) >= 11 is 0. The summed E-state index contributed by atoms with van der Waals surface area (Å²) in [6.45, 7) is 3.39. The van der Waals surface area contributed by atoms with Gasteiger partial charge in [0.15, 0.2) is 5.65 Å². The van der Waals surface area contributed by atoms with Crippen LogP contribution >= 0.6 is 0 Å². The van der Waals surface area contributed by atoms with E-state index in [1.54, 1.807) is 11.6 Å². The molecule has 0 spiro atoms. The number of hydrogen-bond donors (Lipinski definition) is 1. The number of aromatic nitrogens is 3. The van der Waals surface area contributed by atoms with Crippen molar-refractivity contribution in [3.63, 3.8) is 0 Å². The smallest absolute Gasteiger partial charge is 0.247 e. The summed E-state index contributed by atoms with van der Waals surface area (Å²) in [6, 6.07) is 20.4. The first-order valence-corrected chi connectivity index (χ1v) is 10.00. The molecule has 0 bridgehead atoms. The summed E-state index contributed by atoms with van der Waals surface area (Å²) in [7, 11) is 1.65. The molecule has 4 aromatic rings. The molecule has 5 rings (SSSR count). The van der Waals surface area contributed by atoms with Gasteiger partial charge in [0.25, 0.3) is 0 Å². The molecule has 0 aliphatic carbocycles. The highest BCUT2D eigenvalue weighted by Gasteiger charge is 2.13. The van der Waals surface area contributed by atoms with E-state index in [1.165, 1.54) is 5.69 Å². The van der Waals surface area contributed by atoms with Crippen LogP contribution in [0.2, 0.25) is 0 Å². The molecule has 0 amide bonds. The number of rotatable bonds is 5. The number of nitrogens with zero attached hydrogens (tertiary/aromatic N) is 4. The Labute approximate surface area is 174 Å². The normalized spacial score (nSPS) is 14.1. The molecule has 2 aromatic heterocycles. The highest BCUT2D eigenvalue weighted by atomic mass is 16.5. The van der Waals surface area contributed by atoms with Gasteiger partial charge in [-0.2, -0.15) is 4.98 Å². The topological polar surface area (TPSA) is 63.9 Å². The van der Waals surface area contributed by atoms with Crippen LogP contribution in [0.15, 0.2) is 66.9 Å². The maximum absolute atomic E-state index is 5.47. The number of fused-ring (bicyclic) bond motifs is 1. The van der Waals surface area contributed by atoms with Crippen LogP contribution in [0.5, 0.6) is 5.75 Å². The molecule has 0 atom stereocenters. The van der Waals surface area contributed by atoms with E-state index in [4.69, 9.17) is 9.47 Å². The van der Waals surface area contributed by atoms with Gasteiger partial charge in [0.1, 0.15) is 5.75 Å². The Morgan fingerprint density at radius 1 is 0.967 bits per heavy atom. The van der Waals surface area contributed by atoms with Gasteiger partial charge in [-0.15, -0.1) is 5.10 Å². The first-order chi connectivity index (χ1) is 14.8. The Balaban J connectivity index is 1.43. The minimum Gasteiger partial charge on any atom is -0.495 e. The van der Waals surface area contributed by atoms with Crippen LogP contribution in [-0.4, -0.2) is 48.0 Å². The fourth-order valence-corrected chi connectivity index (χ4v) is 3.68. The minimum atomic E-state index is 0.527. The van der Waals surface area contributed by atoms with E-state index >= 15 is 0 Å². The molecule has 152 valence electrons. The molecule has 0 saturated carbocycles. The van der Waals surface area contributed by atoms with Gasteiger partial charge in [0.05, 0.1) is 26.0 Å². The molecule has 1 fully saturated rings. The molecule has 1 saturated heterocycles. The lowest BCUT2D eigenvalue weighted by atomic mass is 10.1. The van der Waals surface area contributed by atoms with E-state index in [-0.39, 0.29) is 0 Å². The molecule has 0 radical (unpaired) electrons. The number of pyridine rings is 1. The van der Waals surface area contributed by atoms with Crippen LogP contribution in [0.3, 0.4) is 0 Å². The Morgan fingerprint density at radius 3 is 2.70 bits per heavy atom. The summed E-state index contributed by atoms with van der Waals surface area (Å²) in [6.07, 6.45) is 2.01. The van der Waals surface area contributed by atoms with Crippen LogP contribution in [0, 0.1) is 0 Å². The van der Waals surface area contributed by atoms with Crippen molar-refractivity contribution >= 4 is 23.0 Å². The molecule has 0 unspecified atom stereocenters. The van der Waals surface area contributed by atoms with E-state index in [1.807, 2.05) is 36.5 Å². The number of nitrogens with one attached hydrogen (secondary N) is 1. The Kier molecular flexibility index (Phi) is 4.94. The summed E-state index contributed by atoms with van der Waals surface area (Å²) in [4.78, 5) is 6.93. The monoisotopic (exact) mass is 401 g/mol. The van der Waals surface area contributed by atoms with E-state index in [9.17, 15) is 0 Å². The Bertz CT molecular complexity index is 1170. The number of benzene rings is 2. The van der Waals surface area contributed by atoms with Gasteiger partial charge < -0.3 is 19.7 Å². The van der Waals surface area contributed by atoms with Crippen molar-refractivity contribution in [2.24, 2.45) is 0 Å². The third-order valence-electron chi connectivity index (χ3n) is 5.24. The Hall–Kier alpha value is -3.58. The van der Waals surface area contributed by atoms with Gasteiger partial charge in [0.2, 0.25) is 5.95 Å². The van der Waals surface area contributed by atoms with E-state index in [2.05, 4.69) is 50.6 Å². The lowest BCUT2D eigenvalue weighted by molar-refractivity contribution is 0.122. The lowest BCUT2D eigenvalue weighted by Crippen LogP contribution is -2.36. The second-order valence-electron chi connectivity index (χ2n) is 7.13. The summed E-state index contributed by atoms with van der Waals surface area (Å²) in [5.74, 6) is 1.27. The molecular weight excluding hydrogens is 378 g/mol. The van der Waals surface area contributed by atoms with E-state index in [0.717, 1.165) is 54.5 Å². The third-order valence-corrected chi connectivity index (χ3v) is 5.24. The first kappa shape index (κ1) is 18.4. The van der Waals surface area contributed by atoms with Gasteiger partial charge in [-0.3, -0.25) is 0 Å². The second-order valence-corrected chi connectivity index (χ2v) is 7.13. The van der Waals surface area contributed by atoms with Crippen molar-refractivity contribution in [2.45, 2.75) is 0 Å². The number of para-hydroxylation sites is 2. The third kappa shape index (κ3) is 3.67. The maximum Gasteiger partial charge on any atom is 0.247 e. The fourth-order valence-electron chi connectivity index (χ4n) is 3.68. The largest absolute Gasteiger partial charge is 0.495 e. The molecule has 7 nitrogen and oxygen atoms in total. The number of methoxy groups -OCH3 is 1. The average Bonchev–Trinajstić information content (AvgIpc) is 3.21. The van der Waals surface area contributed by atoms with Crippen LogP contribution < -0.4 is 15.0 Å². The average molecular weight is 401 g/mol. The number of ether oxygens (including phenoxy) is 2. The highest BCUT2D eigenvalue weighted by Crippen LogP contribution is 2.28. The van der Waals surface area contributed by atoms with Crippen molar-refractivity contribution in [1.82, 2.24) is 14.6 Å². The molecular formula is C23H23N5O2. The minimum absolute atomic E-state index is 0.527. The van der Waals surface area contributed by atoms with Crippen molar-refractivity contribution in [3.05, 3.63) is 66.9 Å². The molecule has 1 aliphatic heterocycles. The van der Waals surface area contributed by atoms with Crippen LogP contribution in [0.4, 0.5) is 17.3 Å². The van der Waals surface area contributed by atoms with Gasteiger partial charge in [-0.05, 0) is 42.0 Å². The molecule has 30 heavy (non-hydrogen) atoms. The summed E-state index contributed by atoms with van der Waals surface area (Å²) in [5, 5.41) is 7.83. The van der Waals surface area contributed by atoms with Gasteiger partial charge >= 0.3 is 0 Å². The second kappa shape index (κ2) is 8.04. The molecule has 7 heteroatoms. The maximum atomic E-state index is 5.47. The Morgan fingerprint density at radius 2 is 1.83 bits per heavy atom. The molecule has 3 heterocycles. The molecule has 1 aliphatic rings. The van der Waals surface area contributed by atoms with Crippen molar-refractivity contribution in [3.8, 4) is 16.9 Å². The standard InChI is InChI=1S/C23H23N5O2/c1-29-21-8-3-2-7-20(21)24-23-25-22-10-9-18(16-28(22)26-23)17-5-4-6-19(15-17)27-11-13-30-14-12-27/h2-10,15-16H,11-14H2,1H3,(H,24,26). The quantitative estimate of drug-likeness (QED) is 0.546. The van der Waals surface area contributed by atoms with Crippen LogP contribution in [0.25, 0.3) is 16.8 Å². The zero-order chi connectivity index (χ0) is 20.3. The predicted octanol–water partition coefficient (Wildman–Crippen LogP) is 3.99. The van der Waals surface area contributed by atoms with Crippen molar-refractivity contribution in [1.29, 1.82) is 0 Å². The van der Waals surface area contributed by atoms with Crippen molar-refractivity contribution < 1.29 is 9.47 Å². The van der Waals surface area contributed by atoms with E-state index in [0.29, 0.717) is 5.95 Å². The summed E-state index contributed by atoms with van der Waals surface area (Å²) in [5.41, 5.74) is 5.06. The molecule has 2 aromatic carbocycles. The van der Waals surface area contributed by atoms with Crippen molar-refractivity contribution in [2.75, 3.05) is 43.6 Å². The van der Waals surface area contributed by atoms with Crippen LogP contribution in [-0.2, 0) is 4.74 Å². The highest BCUT2D eigenvalue weighted by molar-refractivity contribution is 5.70. The zero-order valence-electron chi connectivity index (χ0n) is 16.8. The van der Waals surface area contributed by atoms with Gasteiger partial charge in [-0.1, -0.05) is 24.3 Å². The van der Waals surface area contributed by atoms with E-state index < -0.39 is 0 Å². The lowest BCUT2D eigenvalue weighted by Gasteiger charge is -2.29. The zero-order valence-corrected chi connectivity index (χ0v) is 16.8. The van der Waals surface area contributed by atoms with Gasteiger partial charge in [-0.25, -0.2) is 4.52 Å². The predicted molar refractivity (Wildman–Crippen MR) is 118 cm³/mol. The number of morpholine rings is 1. The fraction of sp³-hybridized carbons (Fsp3) is 0.217. The SMILES string of the molecule is COc1ccccc1Nc1nc2ccc(-c3cccc(N4CCOCC4)c3)cn2n1.